The zero-order valence-electron chi connectivity index (χ0n) is 15.1. The molecule has 1 amide bonds. The van der Waals surface area contributed by atoms with Gasteiger partial charge in [-0.3, -0.25) is 9.69 Å². The number of likely N-dealkylation sites (N-methyl/N-ethyl adjacent to an activating group) is 1. The summed E-state index contributed by atoms with van der Waals surface area (Å²) in [4.78, 5) is 14.9. The molecule has 0 spiro atoms. The maximum absolute atomic E-state index is 13.7. The Hall–Kier alpha value is -2.47. The van der Waals surface area contributed by atoms with Gasteiger partial charge in [-0.1, -0.05) is 24.3 Å². The molecule has 0 unspecified atom stereocenters. The number of hydrogen-bond donors (Lipinski definition) is 1. The Kier molecular flexibility index (Phi) is 4.83. The maximum Gasteiger partial charge on any atom is 0.227 e. The van der Waals surface area contributed by atoms with E-state index in [1.807, 2.05) is 31.3 Å². The summed E-state index contributed by atoms with van der Waals surface area (Å²) in [6, 6.07) is 11.4. The number of amides is 1. The highest BCUT2D eigenvalue weighted by molar-refractivity contribution is 5.80. The van der Waals surface area contributed by atoms with E-state index in [9.17, 15) is 13.6 Å². The second-order valence-corrected chi connectivity index (χ2v) is 7.32. The fourth-order valence-electron chi connectivity index (χ4n) is 4.08. The van der Waals surface area contributed by atoms with Gasteiger partial charge in [-0.05, 0) is 49.2 Å². The molecule has 1 saturated heterocycles. The smallest absolute Gasteiger partial charge is 0.227 e. The third-order valence-electron chi connectivity index (χ3n) is 5.51. The van der Waals surface area contributed by atoms with Crippen LogP contribution in [-0.4, -0.2) is 37.0 Å². The summed E-state index contributed by atoms with van der Waals surface area (Å²) in [5.41, 5.74) is 1.70. The predicted molar refractivity (Wildman–Crippen MR) is 97.4 cm³/mol. The molecule has 2 aromatic rings. The van der Waals surface area contributed by atoms with Crippen LogP contribution < -0.4 is 10.1 Å². The molecule has 0 bridgehead atoms. The van der Waals surface area contributed by atoms with Gasteiger partial charge in [0.05, 0.1) is 12.0 Å². The van der Waals surface area contributed by atoms with Crippen LogP contribution in [0.1, 0.15) is 23.6 Å². The standard InChI is InChI=1S/C21H22F2N2O2/c1-25-9-8-18(20(25)14-6-7-16(22)17(23)11-14)24-21(26)15-10-13-4-2-3-5-19(13)27-12-15/h2-7,11,15,18,20H,8-10,12H2,1H3,(H,24,26)/t15-,18+,20+/m1/s1. The molecule has 3 atom stereocenters. The van der Waals surface area contributed by atoms with Crippen molar-refractivity contribution in [2.24, 2.45) is 5.92 Å². The summed E-state index contributed by atoms with van der Waals surface area (Å²) in [6.07, 6.45) is 1.40. The number of fused-ring (bicyclic) bond motifs is 1. The van der Waals surface area contributed by atoms with Gasteiger partial charge in [-0.15, -0.1) is 0 Å². The number of likely N-dealkylation sites (tertiary alicyclic amines) is 1. The van der Waals surface area contributed by atoms with Crippen LogP contribution in [-0.2, 0) is 11.2 Å². The van der Waals surface area contributed by atoms with Gasteiger partial charge in [-0.2, -0.15) is 0 Å². The van der Waals surface area contributed by atoms with E-state index in [0.29, 0.717) is 18.6 Å². The summed E-state index contributed by atoms with van der Waals surface area (Å²) in [5.74, 6) is -1.20. The minimum absolute atomic E-state index is 0.0580. The molecule has 1 N–H and O–H groups in total. The average Bonchev–Trinajstić information content (AvgIpc) is 3.03. The third kappa shape index (κ3) is 3.54. The summed E-state index contributed by atoms with van der Waals surface area (Å²) < 4.78 is 32.7. The van der Waals surface area contributed by atoms with E-state index >= 15 is 0 Å². The Labute approximate surface area is 157 Å². The van der Waals surface area contributed by atoms with Gasteiger partial charge in [-0.25, -0.2) is 8.78 Å². The van der Waals surface area contributed by atoms with E-state index in [0.717, 1.165) is 30.3 Å². The van der Waals surface area contributed by atoms with Gasteiger partial charge in [0.25, 0.3) is 0 Å². The first-order chi connectivity index (χ1) is 13.0. The zero-order chi connectivity index (χ0) is 19.0. The quantitative estimate of drug-likeness (QED) is 0.900. The molecular weight excluding hydrogens is 350 g/mol. The van der Waals surface area contributed by atoms with E-state index in [2.05, 4.69) is 10.2 Å². The first kappa shape index (κ1) is 17.9. The van der Waals surface area contributed by atoms with Crippen molar-refractivity contribution >= 4 is 5.91 Å². The fraction of sp³-hybridized carbons (Fsp3) is 0.381. The molecule has 2 aliphatic rings. The fourth-order valence-corrected chi connectivity index (χ4v) is 4.08. The minimum atomic E-state index is -0.866. The van der Waals surface area contributed by atoms with Crippen molar-refractivity contribution in [3.05, 3.63) is 65.2 Å². The molecule has 0 radical (unpaired) electrons. The Bertz CT molecular complexity index is 858. The molecule has 6 heteroatoms. The number of rotatable bonds is 3. The van der Waals surface area contributed by atoms with Crippen LogP contribution in [0.15, 0.2) is 42.5 Å². The van der Waals surface area contributed by atoms with Gasteiger partial charge in [0, 0.05) is 12.6 Å². The van der Waals surface area contributed by atoms with Crippen molar-refractivity contribution in [2.45, 2.75) is 24.9 Å². The van der Waals surface area contributed by atoms with E-state index in [1.54, 1.807) is 6.07 Å². The van der Waals surface area contributed by atoms with Crippen LogP contribution in [0.4, 0.5) is 8.78 Å². The van der Waals surface area contributed by atoms with Crippen molar-refractivity contribution in [3.8, 4) is 5.75 Å². The van der Waals surface area contributed by atoms with Crippen LogP contribution in [0.5, 0.6) is 5.75 Å². The molecule has 0 aliphatic carbocycles. The van der Waals surface area contributed by atoms with Crippen LogP contribution in [0.25, 0.3) is 0 Å². The molecule has 0 saturated carbocycles. The van der Waals surface area contributed by atoms with E-state index in [1.165, 1.54) is 6.07 Å². The van der Waals surface area contributed by atoms with Crippen molar-refractivity contribution in [3.63, 3.8) is 0 Å². The Morgan fingerprint density at radius 3 is 2.81 bits per heavy atom. The zero-order valence-corrected chi connectivity index (χ0v) is 15.1. The van der Waals surface area contributed by atoms with E-state index < -0.39 is 11.6 Å². The summed E-state index contributed by atoms with van der Waals surface area (Å²) >= 11 is 0. The molecule has 142 valence electrons. The number of ether oxygens (including phenoxy) is 1. The van der Waals surface area contributed by atoms with E-state index in [-0.39, 0.29) is 23.9 Å². The molecule has 27 heavy (non-hydrogen) atoms. The van der Waals surface area contributed by atoms with Gasteiger partial charge in [0.2, 0.25) is 5.91 Å². The predicted octanol–water partition coefficient (Wildman–Crippen LogP) is 3.08. The second kappa shape index (κ2) is 7.27. The van der Waals surface area contributed by atoms with Gasteiger partial charge >= 0.3 is 0 Å². The number of nitrogens with one attached hydrogen (secondary N) is 1. The van der Waals surface area contributed by atoms with Crippen LogP contribution in [0, 0.1) is 17.6 Å². The number of nitrogens with zero attached hydrogens (tertiary/aromatic N) is 1. The lowest BCUT2D eigenvalue weighted by atomic mass is 9.94. The Morgan fingerprint density at radius 1 is 1.19 bits per heavy atom. The molecule has 2 aromatic carbocycles. The monoisotopic (exact) mass is 372 g/mol. The molecule has 4 nitrogen and oxygen atoms in total. The topological polar surface area (TPSA) is 41.6 Å². The highest BCUT2D eigenvalue weighted by Crippen LogP contribution is 2.33. The lowest BCUT2D eigenvalue weighted by Crippen LogP contribution is -2.44. The number of carbonyl (C=O) groups is 1. The van der Waals surface area contributed by atoms with Crippen LogP contribution >= 0.6 is 0 Å². The molecule has 2 aliphatic heterocycles. The van der Waals surface area contributed by atoms with Crippen LogP contribution in [0.2, 0.25) is 0 Å². The minimum Gasteiger partial charge on any atom is -0.492 e. The normalized spacial score (nSPS) is 24.9. The van der Waals surface area contributed by atoms with Gasteiger partial charge in [0.15, 0.2) is 11.6 Å². The largest absolute Gasteiger partial charge is 0.492 e. The second-order valence-electron chi connectivity index (χ2n) is 7.32. The Balaban J connectivity index is 1.48. The lowest BCUT2D eigenvalue weighted by molar-refractivity contribution is -0.127. The number of hydrogen-bond acceptors (Lipinski definition) is 3. The Morgan fingerprint density at radius 2 is 2.00 bits per heavy atom. The summed E-state index contributed by atoms with van der Waals surface area (Å²) in [6.45, 7) is 1.12. The number of benzene rings is 2. The summed E-state index contributed by atoms with van der Waals surface area (Å²) in [5, 5.41) is 3.12. The number of carbonyl (C=O) groups excluding carboxylic acids is 1. The highest BCUT2D eigenvalue weighted by atomic mass is 19.2. The third-order valence-corrected chi connectivity index (χ3v) is 5.51. The van der Waals surface area contributed by atoms with Crippen molar-refractivity contribution < 1.29 is 18.3 Å². The lowest BCUT2D eigenvalue weighted by Gasteiger charge is -2.29. The molecular formula is C21H22F2N2O2. The van der Waals surface area contributed by atoms with Crippen molar-refractivity contribution in [1.82, 2.24) is 10.2 Å². The van der Waals surface area contributed by atoms with Crippen LogP contribution in [0.3, 0.4) is 0 Å². The van der Waals surface area contributed by atoms with E-state index in [4.69, 9.17) is 4.74 Å². The molecule has 0 aromatic heterocycles. The van der Waals surface area contributed by atoms with Gasteiger partial charge in [0.1, 0.15) is 12.4 Å². The molecule has 4 rings (SSSR count). The average molecular weight is 372 g/mol. The SMILES string of the molecule is CN1CC[C@H](NC(=O)[C@H]2COc3ccccc3C2)[C@@H]1c1ccc(F)c(F)c1. The molecule has 2 heterocycles. The maximum atomic E-state index is 13.7. The molecule has 1 fully saturated rings. The number of para-hydroxylation sites is 1. The summed E-state index contributed by atoms with van der Waals surface area (Å²) in [7, 11) is 1.93. The highest BCUT2D eigenvalue weighted by Gasteiger charge is 2.36. The number of halogens is 2. The van der Waals surface area contributed by atoms with Crippen molar-refractivity contribution in [1.29, 1.82) is 0 Å². The van der Waals surface area contributed by atoms with Gasteiger partial charge < -0.3 is 10.1 Å². The van der Waals surface area contributed by atoms with Crippen molar-refractivity contribution in [2.75, 3.05) is 20.2 Å². The first-order valence-electron chi connectivity index (χ1n) is 9.19. The first-order valence-corrected chi connectivity index (χ1v) is 9.19.